The second-order valence-electron chi connectivity index (χ2n) is 3.34. The Bertz CT molecular complexity index is 538. The first-order valence-corrected chi connectivity index (χ1v) is 4.93. The van der Waals surface area contributed by atoms with Gasteiger partial charge in [0.05, 0.1) is 18.1 Å². The SMILES string of the molecule is Cc1ncccc1Oc1cnc(C(=N)N)cn1. The summed E-state index contributed by atoms with van der Waals surface area (Å²) in [6.45, 7) is 1.84. The summed E-state index contributed by atoms with van der Waals surface area (Å²) >= 11 is 0. The molecular weight excluding hydrogens is 218 g/mol. The highest BCUT2D eigenvalue weighted by Gasteiger charge is 2.04. The average molecular weight is 229 g/mol. The third-order valence-corrected chi connectivity index (χ3v) is 2.08. The molecule has 86 valence electrons. The van der Waals surface area contributed by atoms with Crippen molar-refractivity contribution in [2.45, 2.75) is 6.92 Å². The van der Waals surface area contributed by atoms with Crippen molar-refractivity contribution in [1.29, 1.82) is 5.41 Å². The van der Waals surface area contributed by atoms with Crippen LogP contribution in [0.4, 0.5) is 0 Å². The van der Waals surface area contributed by atoms with Crippen molar-refractivity contribution in [3.05, 3.63) is 42.1 Å². The summed E-state index contributed by atoms with van der Waals surface area (Å²) < 4.78 is 5.50. The smallest absolute Gasteiger partial charge is 0.237 e. The van der Waals surface area contributed by atoms with Gasteiger partial charge in [0.2, 0.25) is 5.88 Å². The molecule has 0 fully saturated rings. The fourth-order valence-electron chi connectivity index (χ4n) is 1.20. The van der Waals surface area contributed by atoms with E-state index in [-0.39, 0.29) is 5.84 Å². The standard InChI is InChI=1S/C11H11N5O/c1-7-9(3-2-4-14-7)17-10-6-15-8(5-16-10)11(12)13/h2-6H,1H3,(H3,12,13). The van der Waals surface area contributed by atoms with Gasteiger partial charge >= 0.3 is 0 Å². The molecule has 0 atom stereocenters. The van der Waals surface area contributed by atoms with Crippen LogP contribution in [-0.2, 0) is 0 Å². The van der Waals surface area contributed by atoms with Gasteiger partial charge in [0.15, 0.2) is 5.75 Å². The number of pyridine rings is 1. The highest BCUT2D eigenvalue weighted by Crippen LogP contribution is 2.20. The molecule has 0 bridgehead atoms. The van der Waals surface area contributed by atoms with Gasteiger partial charge in [-0.3, -0.25) is 10.4 Å². The van der Waals surface area contributed by atoms with E-state index < -0.39 is 0 Å². The van der Waals surface area contributed by atoms with E-state index >= 15 is 0 Å². The molecule has 0 unspecified atom stereocenters. The van der Waals surface area contributed by atoms with Crippen LogP contribution < -0.4 is 10.5 Å². The number of amidine groups is 1. The first kappa shape index (κ1) is 11.0. The fraction of sp³-hybridized carbons (Fsp3) is 0.0909. The van der Waals surface area contributed by atoms with Crippen molar-refractivity contribution >= 4 is 5.84 Å². The molecule has 0 aliphatic carbocycles. The number of nitrogens with zero attached hydrogens (tertiary/aromatic N) is 3. The molecule has 2 aromatic rings. The van der Waals surface area contributed by atoms with Crippen molar-refractivity contribution in [3.8, 4) is 11.6 Å². The van der Waals surface area contributed by atoms with Gasteiger partial charge in [-0.15, -0.1) is 0 Å². The van der Waals surface area contributed by atoms with Crippen molar-refractivity contribution in [2.24, 2.45) is 5.73 Å². The minimum Gasteiger partial charge on any atom is -0.436 e. The second-order valence-corrected chi connectivity index (χ2v) is 3.34. The molecule has 2 aromatic heterocycles. The van der Waals surface area contributed by atoms with Crippen molar-refractivity contribution in [1.82, 2.24) is 15.0 Å². The summed E-state index contributed by atoms with van der Waals surface area (Å²) in [6.07, 6.45) is 4.50. The predicted molar refractivity (Wildman–Crippen MR) is 62.1 cm³/mol. The van der Waals surface area contributed by atoms with E-state index in [4.69, 9.17) is 15.9 Å². The van der Waals surface area contributed by atoms with E-state index in [0.29, 0.717) is 17.3 Å². The van der Waals surface area contributed by atoms with Crippen LogP contribution in [0, 0.1) is 12.3 Å². The highest BCUT2D eigenvalue weighted by molar-refractivity contribution is 5.92. The third kappa shape index (κ3) is 2.54. The van der Waals surface area contributed by atoms with Gasteiger partial charge in [0, 0.05) is 6.20 Å². The molecule has 0 saturated carbocycles. The molecule has 6 heteroatoms. The number of nitrogen functional groups attached to an aromatic ring is 1. The van der Waals surface area contributed by atoms with E-state index in [1.807, 2.05) is 6.92 Å². The Morgan fingerprint density at radius 2 is 2.12 bits per heavy atom. The molecular formula is C11H11N5O. The Morgan fingerprint density at radius 3 is 2.71 bits per heavy atom. The highest BCUT2D eigenvalue weighted by atomic mass is 16.5. The lowest BCUT2D eigenvalue weighted by molar-refractivity contribution is 0.454. The van der Waals surface area contributed by atoms with Gasteiger partial charge < -0.3 is 10.5 Å². The van der Waals surface area contributed by atoms with Crippen LogP contribution in [0.1, 0.15) is 11.4 Å². The number of nitrogens with one attached hydrogen (secondary N) is 1. The Hall–Kier alpha value is -2.50. The first-order valence-electron chi connectivity index (χ1n) is 4.93. The van der Waals surface area contributed by atoms with E-state index in [1.165, 1.54) is 12.4 Å². The van der Waals surface area contributed by atoms with Crippen molar-refractivity contribution in [3.63, 3.8) is 0 Å². The van der Waals surface area contributed by atoms with Gasteiger partial charge in [0.1, 0.15) is 11.5 Å². The summed E-state index contributed by atoms with van der Waals surface area (Å²) in [5, 5.41) is 7.19. The van der Waals surface area contributed by atoms with Crippen molar-refractivity contribution < 1.29 is 4.74 Å². The molecule has 17 heavy (non-hydrogen) atoms. The minimum atomic E-state index is -0.124. The third-order valence-electron chi connectivity index (χ3n) is 2.08. The molecule has 0 aliphatic heterocycles. The number of hydrogen-bond donors (Lipinski definition) is 2. The predicted octanol–water partition coefficient (Wildman–Crippen LogP) is 1.26. The number of hydrogen-bond acceptors (Lipinski definition) is 5. The van der Waals surface area contributed by atoms with E-state index in [9.17, 15) is 0 Å². The van der Waals surface area contributed by atoms with Crippen LogP contribution in [0.15, 0.2) is 30.7 Å². The van der Waals surface area contributed by atoms with Gasteiger partial charge in [-0.05, 0) is 19.1 Å². The monoisotopic (exact) mass is 229 g/mol. The van der Waals surface area contributed by atoms with Gasteiger partial charge in [0.25, 0.3) is 0 Å². The molecule has 6 nitrogen and oxygen atoms in total. The zero-order chi connectivity index (χ0) is 12.3. The lowest BCUT2D eigenvalue weighted by Gasteiger charge is -2.06. The van der Waals surface area contributed by atoms with Crippen LogP contribution in [-0.4, -0.2) is 20.8 Å². The maximum atomic E-state index is 7.19. The maximum absolute atomic E-state index is 7.19. The van der Waals surface area contributed by atoms with Gasteiger partial charge in [-0.25, -0.2) is 9.97 Å². The molecule has 0 aliphatic rings. The summed E-state index contributed by atoms with van der Waals surface area (Å²) in [6, 6.07) is 3.57. The van der Waals surface area contributed by atoms with E-state index in [2.05, 4.69) is 15.0 Å². The van der Waals surface area contributed by atoms with Crippen molar-refractivity contribution in [2.75, 3.05) is 0 Å². The van der Waals surface area contributed by atoms with Crippen LogP contribution in [0.5, 0.6) is 11.6 Å². The molecule has 3 N–H and O–H groups in total. The number of aromatic nitrogens is 3. The van der Waals surface area contributed by atoms with E-state index in [0.717, 1.165) is 5.69 Å². The molecule has 0 radical (unpaired) electrons. The maximum Gasteiger partial charge on any atom is 0.237 e. The first-order chi connectivity index (χ1) is 8.16. The van der Waals surface area contributed by atoms with Crippen LogP contribution in [0.3, 0.4) is 0 Å². The Labute approximate surface area is 98.0 Å². The normalized spacial score (nSPS) is 9.94. The van der Waals surface area contributed by atoms with Crippen LogP contribution in [0.2, 0.25) is 0 Å². The second kappa shape index (κ2) is 4.56. The Kier molecular flexibility index (Phi) is 2.95. The lowest BCUT2D eigenvalue weighted by Crippen LogP contribution is -2.13. The zero-order valence-electron chi connectivity index (χ0n) is 9.21. The molecule has 0 aromatic carbocycles. The summed E-state index contributed by atoms with van der Waals surface area (Å²) in [7, 11) is 0. The summed E-state index contributed by atoms with van der Waals surface area (Å²) in [4.78, 5) is 12.0. The minimum absolute atomic E-state index is 0.124. The number of rotatable bonds is 3. The number of nitrogens with two attached hydrogens (primary N) is 1. The zero-order valence-corrected chi connectivity index (χ0v) is 9.21. The largest absolute Gasteiger partial charge is 0.436 e. The van der Waals surface area contributed by atoms with E-state index in [1.54, 1.807) is 18.3 Å². The number of aryl methyl sites for hydroxylation is 1. The lowest BCUT2D eigenvalue weighted by atomic mass is 10.3. The number of ether oxygens (including phenoxy) is 1. The average Bonchev–Trinajstić information content (AvgIpc) is 2.33. The quantitative estimate of drug-likeness (QED) is 0.609. The molecule has 2 heterocycles. The van der Waals surface area contributed by atoms with Crippen LogP contribution in [0.25, 0.3) is 0 Å². The molecule has 0 spiro atoms. The van der Waals surface area contributed by atoms with Crippen LogP contribution >= 0.6 is 0 Å². The molecule has 0 saturated heterocycles. The molecule has 0 amide bonds. The van der Waals surface area contributed by atoms with Gasteiger partial charge in [-0.1, -0.05) is 0 Å². The topological polar surface area (TPSA) is 97.8 Å². The molecule has 2 rings (SSSR count). The summed E-state index contributed by atoms with van der Waals surface area (Å²) in [5.74, 6) is 0.838. The Balaban J connectivity index is 2.20. The fourth-order valence-corrected chi connectivity index (χ4v) is 1.20. The Morgan fingerprint density at radius 1 is 1.29 bits per heavy atom. The van der Waals surface area contributed by atoms with Gasteiger partial charge in [-0.2, -0.15) is 0 Å². The summed E-state index contributed by atoms with van der Waals surface area (Å²) in [5.41, 5.74) is 6.36.